The first-order chi connectivity index (χ1) is 9.08. The lowest BCUT2D eigenvalue weighted by atomic mass is 10.3. The number of aromatic nitrogens is 1. The van der Waals surface area contributed by atoms with Crippen LogP contribution in [0.2, 0.25) is 0 Å². The standard InChI is InChI=1S/C13H14N2O3S/c1-9-4-6-19-11(9)7-14-13(18)10-3-2-5-15(10)8-12(16)17/h2-6H,7-8H2,1H3,(H,14,18)(H,16,17). The van der Waals surface area contributed by atoms with E-state index in [-0.39, 0.29) is 12.5 Å². The van der Waals surface area contributed by atoms with Crippen molar-refractivity contribution >= 4 is 23.2 Å². The van der Waals surface area contributed by atoms with Gasteiger partial charge in [0.25, 0.3) is 5.91 Å². The van der Waals surface area contributed by atoms with Gasteiger partial charge in [-0.3, -0.25) is 9.59 Å². The van der Waals surface area contributed by atoms with Gasteiger partial charge in [-0.25, -0.2) is 0 Å². The van der Waals surface area contributed by atoms with Gasteiger partial charge in [-0.1, -0.05) is 0 Å². The molecule has 0 aromatic carbocycles. The van der Waals surface area contributed by atoms with Gasteiger partial charge in [0, 0.05) is 11.1 Å². The zero-order valence-corrected chi connectivity index (χ0v) is 11.2. The van der Waals surface area contributed by atoms with E-state index in [1.807, 2.05) is 18.4 Å². The van der Waals surface area contributed by atoms with Crippen molar-refractivity contribution in [1.29, 1.82) is 0 Å². The van der Waals surface area contributed by atoms with Crippen LogP contribution in [0.15, 0.2) is 29.8 Å². The zero-order chi connectivity index (χ0) is 13.8. The summed E-state index contributed by atoms with van der Waals surface area (Å²) in [6.45, 7) is 2.24. The average Bonchev–Trinajstić information content (AvgIpc) is 2.95. The van der Waals surface area contributed by atoms with Crippen molar-refractivity contribution in [2.24, 2.45) is 0 Å². The molecular formula is C13H14N2O3S. The van der Waals surface area contributed by atoms with E-state index >= 15 is 0 Å². The Morgan fingerprint density at radius 3 is 2.84 bits per heavy atom. The van der Waals surface area contributed by atoms with E-state index in [0.717, 1.165) is 10.4 Å². The largest absolute Gasteiger partial charge is 0.480 e. The van der Waals surface area contributed by atoms with E-state index < -0.39 is 5.97 Å². The number of aryl methyl sites for hydroxylation is 1. The number of hydrogen-bond donors (Lipinski definition) is 2. The Kier molecular flexibility index (Phi) is 4.01. The minimum atomic E-state index is -0.973. The van der Waals surface area contributed by atoms with Crippen LogP contribution >= 0.6 is 11.3 Å². The van der Waals surface area contributed by atoms with Gasteiger partial charge in [0.05, 0.1) is 6.54 Å². The van der Waals surface area contributed by atoms with Crippen molar-refractivity contribution in [3.05, 3.63) is 45.9 Å². The molecule has 2 heterocycles. The van der Waals surface area contributed by atoms with E-state index in [1.165, 1.54) is 4.57 Å². The Hall–Kier alpha value is -2.08. The smallest absolute Gasteiger partial charge is 0.323 e. The van der Waals surface area contributed by atoms with Crippen LogP contribution < -0.4 is 5.32 Å². The zero-order valence-electron chi connectivity index (χ0n) is 10.4. The van der Waals surface area contributed by atoms with Crippen molar-refractivity contribution in [3.8, 4) is 0 Å². The quantitative estimate of drug-likeness (QED) is 0.877. The molecule has 2 rings (SSSR count). The molecule has 0 unspecified atom stereocenters. The number of aliphatic carboxylic acids is 1. The number of amides is 1. The van der Waals surface area contributed by atoms with Gasteiger partial charge in [-0.2, -0.15) is 0 Å². The Morgan fingerprint density at radius 1 is 1.42 bits per heavy atom. The molecule has 6 heteroatoms. The number of hydrogen-bond acceptors (Lipinski definition) is 3. The van der Waals surface area contributed by atoms with E-state index in [4.69, 9.17) is 5.11 Å². The number of nitrogens with one attached hydrogen (secondary N) is 1. The molecule has 0 saturated carbocycles. The highest BCUT2D eigenvalue weighted by molar-refractivity contribution is 7.10. The fourth-order valence-electron chi connectivity index (χ4n) is 1.74. The number of carboxylic acids is 1. The predicted octanol–water partition coefficient (Wildman–Crippen LogP) is 1.87. The van der Waals surface area contributed by atoms with Gasteiger partial charge in [0.2, 0.25) is 0 Å². The van der Waals surface area contributed by atoms with E-state index in [1.54, 1.807) is 29.7 Å². The second kappa shape index (κ2) is 5.71. The summed E-state index contributed by atoms with van der Waals surface area (Å²) >= 11 is 1.59. The molecular weight excluding hydrogens is 264 g/mol. The van der Waals surface area contributed by atoms with Gasteiger partial charge >= 0.3 is 5.97 Å². The van der Waals surface area contributed by atoms with Crippen LogP contribution in [-0.4, -0.2) is 21.6 Å². The monoisotopic (exact) mass is 278 g/mol. The number of nitrogens with zero attached hydrogens (tertiary/aromatic N) is 1. The summed E-state index contributed by atoms with van der Waals surface area (Å²) in [4.78, 5) is 23.8. The number of rotatable bonds is 5. The molecule has 0 radical (unpaired) electrons. The minimum absolute atomic E-state index is 0.215. The Labute approximate surface area is 114 Å². The lowest BCUT2D eigenvalue weighted by Gasteiger charge is -2.07. The normalized spacial score (nSPS) is 10.4. The SMILES string of the molecule is Cc1ccsc1CNC(=O)c1cccn1CC(=O)O. The molecule has 0 atom stereocenters. The number of carboxylic acid groups (broad SMARTS) is 1. The van der Waals surface area contributed by atoms with Crippen LogP contribution in [0.4, 0.5) is 0 Å². The molecule has 1 amide bonds. The summed E-state index contributed by atoms with van der Waals surface area (Å²) < 4.78 is 1.42. The first-order valence-electron chi connectivity index (χ1n) is 5.76. The Morgan fingerprint density at radius 2 is 2.21 bits per heavy atom. The van der Waals surface area contributed by atoms with Crippen LogP contribution in [0.1, 0.15) is 20.9 Å². The van der Waals surface area contributed by atoms with Gasteiger partial charge in [-0.05, 0) is 36.1 Å². The number of carbonyl (C=O) groups excluding carboxylic acids is 1. The molecule has 2 aromatic heterocycles. The topological polar surface area (TPSA) is 71.3 Å². The van der Waals surface area contributed by atoms with Crippen LogP contribution in [0.25, 0.3) is 0 Å². The van der Waals surface area contributed by atoms with Crippen molar-refractivity contribution in [3.63, 3.8) is 0 Å². The third-order valence-corrected chi connectivity index (χ3v) is 3.77. The van der Waals surface area contributed by atoms with E-state index in [0.29, 0.717) is 12.2 Å². The summed E-state index contributed by atoms with van der Waals surface area (Å²) in [6, 6.07) is 5.27. The molecule has 2 aromatic rings. The van der Waals surface area contributed by atoms with Gasteiger partial charge in [0.15, 0.2) is 0 Å². The van der Waals surface area contributed by atoms with Gasteiger partial charge in [-0.15, -0.1) is 11.3 Å². The van der Waals surface area contributed by atoms with E-state index in [9.17, 15) is 9.59 Å². The van der Waals surface area contributed by atoms with Gasteiger partial charge < -0.3 is 15.0 Å². The molecule has 100 valence electrons. The summed E-state index contributed by atoms with van der Waals surface area (Å²) in [5, 5.41) is 13.5. The first kappa shape index (κ1) is 13.4. The molecule has 19 heavy (non-hydrogen) atoms. The lowest BCUT2D eigenvalue weighted by molar-refractivity contribution is -0.137. The van der Waals surface area contributed by atoms with Crippen LogP contribution in [0.5, 0.6) is 0 Å². The van der Waals surface area contributed by atoms with E-state index in [2.05, 4.69) is 5.32 Å². The maximum absolute atomic E-state index is 12.0. The highest BCUT2D eigenvalue weighted by Crippen LogP contribution is 2.15. The molecule has 0 fully saturated rings. The summed E-state index contributed by atoms with van der Waals surface area (Å²) in [6.07, 6.45) is 1.58. The van der Waals surface area contributed by atoms with Crippen molar-refractivity contribution in [2.45, 2.75) is 20.0 Å². The third-order valence-electron chi connectivity index (χ3n) is 2.75. The second-order valence-corrected chi connectivity index (χ2v) is 5.13. The molecule has 5 nitrogen and oxygen atoms in total. The first-order valence-corrected chi connectivity index (χ1v) is 6.64. The molecule has 0 aliphatic carbocycles. The Bertz CT molecular complexity index is 601. The average molecular weight is 278 g/mol. The van der Waals surface area contributed by atoms with Crippen molar-refractivity contribution in [2.75, 3.05) is 0 Å². The summed E-state index contributed by atoms with van der Waals surface area (Å²) in [7, 11) is 0. The van der Waals surface area contributed by atoms with Crippen LogP contribution in [0.3, 0.4) is 0 Å². The van der Waals surface area contributed by atoms with Gasteiger partial charge in [0.1, 0.15) is 12.2 Å². The molecule has 2 N–H and O–H groups in total. The predicted molar refractivity (Wildman–Crippen MR) is 72.3 cm³/mol. The molecule has 0 spiro atoms. The maximum atomic E-state index is 12.0. The van der Waals surface area contributed by atoms with Crippen LogP contribution in [-0.2, 0) is 17.9 Å². The number of thiophene rings is 1. The summed E-state index contributed by atoms with van der Waals surface area (Å²) in [5.41, 5.74) is 1.50. The Balaban J connectivity index is 2.02. The highest BCUT2D eigenvalue weighted by atomic mass is 32.1. The van der Waals surface area contributed by atoms with Crippen molar-refractivity contribution < 1.29 is 14.7 Å². The second-order valence-electron chi connectivity index (χ2n) is 4.12. The van der Waals surface area contributed by atoms with Crippen molar-refractivity contribution in [1.82, 2.24) is 9.88 Å². The maximum Gasteiger partial charge on any atom is 0.323 e. The lowest BCUT2D eigenvalue weighted by Crippen LogP contribution is -2.26. The molecule has 0 aliphatic rings. The highest BCUT2D eigenvalue weighted by Gasteiger charge is 2.12. The molecule has 0 bridgehead atoms. The third kappa shape index (κ3) is 3.23. The fourth-order valence-corrected chi connectivity index (χ4v) is 2.59. The van der Waals surface area contributed by atoms with Crippen LogP contribution in [0, 0.1) is 6.92 Å². The summed E-state index contributed by atoms with van der Waals surface area (Å²) in [5.74, 6) is -1.24. The number of carbonyl (C=O) groups is 2. The molecule has 0 saturated heterocycles. The molecule has 0 aliphatic heterocycles. The fraction of sp³-hybridized carbons (Fsp3) is 0.231. The minimum Gasteiger partial charge on any atom is -0.480 e.